The number of aromatic nitrogens is 1. The van der Waals surface area contributed by atoms with Gasteiger partial charge < -0.3 is 10.2 Å². The van der Waals surface area contributed by atoms with Crippen molar-refractivity contribution >= 4 is 23.1 Å². The Labute approximate surface area is 134 Å². The minimum absolute atomic E-state index is 0.0581. The molecule has 0 spiro atoms. The van der Waals surface area contributed by atoms with Gasteiger partial charge >= 0.3 is 6.18 Å². The molecule has 0 amide bonds. The highest BCUT2D eigenvalue weighted by Gasteiger charge is 2.31. The lowest BCUT2D eigenvalue weighted by atomic mass is 10.1. The van der Waals surface area contributed by atoms with Crippen LogP contribution in [-0.4, -0.2) is 20.9 Å². The zero-order valence-corrected chi connectivity index (χ0v) is 12.4. The van der Waals surface area contributed by atoms with Crippen LogP contribution in [0.25, 0.3) is 0 Å². The van der Waals surface area contributed by atoms with Crippen molar-refractivity contribution in [2.24, 2.45) is 5.10 Å². The Balaban J connectivity index is 2.22. The highest BCUT2D eigenvalue weighted by molar-refractivity contribution is 6.33. The molecular formula is C14H11ClF3N3O2. The van der Waals surface area contributed by atoms with Gasteiger partial charge in [-0.05, 0) is 25.1 Å². The minimum Gasteiger partial charge on any atom is -0.508 e. The third-order valence-electron chi connectivity index (χ3n) is 2.87. The molecule has 0 saturated carbocycles. The van der Waals surface area contributed by atoms with Crippen LogP contribution < -0.4 is 5.43 Å². The van der Waals surface area contributed by atoms with Crippen LogP contribution in [0, 0.1) is 0 Å². The molecule has 0 aliphatic rings. The number of phenols is 2. The minimum atomic E-state index is -4.54. The number of benzene rings is 1. The van der Waals surface area contributed by atoms with Crippen LogP contribution in [0.4, 0.5) is 19.0 Å². The first-order valence-electron chi connectivity index (χ1n) is 6.24. The molecule has 0 bridgehead atoms. The molecule has 0 aliphatic heterocycles. The summed E-state index contributed by atoms with van der Waals surface area (Å²) in [6, 6.07) is 4.67. The Morgan fingerprint density at radius 3 is 2.52 bits per heavy atom. The smallest absolute Gasteiger partial charge is 0.417 e. The summed E-state index contributed by atoms with van der Waals surface area (Å²) >= 11 is 5.74. The van der Waals surface area contributed by atoms with E-state index in [0.29, 0.717) is 17.5 Å². The first-order chi connectivity index (χ1) is 10.7. The third-order valence-corrected chi connectivity index (χ3v) is 3.16. The fourth-order valence-electron chi connectivity index (χ4n) is 1.70. The fourth-order valence-corrected chi connectivity index (χ4v) is 1.91. The number of hydrazone groups is 1. The summed E-state index contributed by atoms with van der Waals surface area (Å²) in [4.78, 5) is 3.57. The van der Waals surface area contributed by atoms with E-state index in [1.165, 1.54) is 12.1 Å². The number of phenolic OH excluding ortho intramolecular Hbond substituents is 2. The van der Waals surface area contributed by atoms with Gasteiger partial charge in [0.1, 0.15) is 11.5 Å². The van der Waals surface area contributed by atoms with E-state index < -0.39 is 11.7 Å². The largest absolute Gasteiger partial charge is 0.508 e. The Bertz CT molecular complexity index is 763. The quantitative estimate of drug-likeness (QED) is 0.580. The van der Waals surface area contributed by atoms with E-state index in [2.05, 4.69) is 15.5 Å². The summed E-state index contributed by atoms with van der Waals surface area (Å²) < 4.78 is 37.6. The highest BCUT2D eigenvalue weighted by Crippen LogP contribution is 2.32. The predicted molar refractivity (Wildman–Crippen MR) is 79.9 cm³/mol. The molecular weight excluding hydrogens is 335 g/mol. The summed E-state index contributed by atoms with van der Waals surface area (Å²) in [5.41, 5.74) is 2.12. The topological polar surface area (TPSA) is 77.7 Å². The van der Waals surface area contributed by atoms with E-state index in [0.717, 1.165) is 12.1 Å². The number of anilines is 1. The number of hydrogen-bond acceptors (Lipinski definition) is 5. The zero-order valence-electron chi connectivity index (χ0n) is 11.7. The Hall–Kier alpha value is -2.48. The molecule has 0 aliphatic carbocycles. The second-order valence-corrected chi connectivity index (χ2v) is 4.97. The van der Waals surface area contributed by atoms with Gasteiger partial charge in [-0.3, -0.25) is 5.43 Å². The molecule has 5 nitrogen and oxygen atoms in total. The van der Waals surface area contributed by atoms with Crippen molar-refractivity contribution in [2.75, 3.05) is 5.43 Å². The van der Waals surface area contributed by atoms with Gasteiger partial charge in [-0.25, -0.2) is 4.98 Å². The lowest BCUT2D eigenvalue weighted by Crippen LogP contribution is -2.07. The van der Waals surface area contributed by atoms with Crippen LogP contribution in [0.1, 0.15) is 18.1 Å². The lowest BCUT2D eigenvalue weighted by molar-refractivity contribution is -0.137. The van der Waals surface area contributed by atoms with Gasteiger partial charge in [0.2, 0.25) is 0 Å². The lowest BCUT2D eigenvalue weighted by Gasteiger charge is -2.09. The number of nitrogens with zero attached hydrogens (tertiary/aromatic N) is 2. The monoisotopic (exact) mass is 345 g/mol. The molecule has 1 aromatic heterocycles. The van der Waals surface area contributed by atoms with Gasteiger partial charge in [-0.15, -0.1) is 0 Å². The van der Waals surface area contributed by atoms with E-state index in [4.69, 9.17) is 11.6 Å². The maximum atomic E-state index is 12.5. The Kier molecular flexibility index (Phi) is 4.65. The average molecular weight is 346 g/mol. The van der Waals surface area contributed by atoms with Gasteiger partial charge in [0, 0.05) is 17.8 Å². The van der Waals surface area contributed by atoms with Crippen molar-refractivity contribution in [1.29, 1.82) is 0 Å². The molecule has 0 unspecified atom stereocenters. The molecule has 122 valence electrons. The van der Waals surface area contributed by atoms with E-state index in [9.17, 15) is 23.4 Å². The van der Waals surface area contributed by atoms with Crippen LogP contribution in [0.3, 0.4) is 0 Å². The molecule has 0 radical (unpaired) electrons. The van der Waals surface area contributed by atoms with Gasteiger partial charge in [0.05, 0.1) is 16.3 Å². The normalized spacial score (nSPS) is 12.3. The summed E-state index contributed by atoms with van der Waals surface area (Å²) in [5.74, 6) is -0.365. The molecule has 3 N–H and O–H groups in total. The van der Waals surface area contributed by atoms with E-state index in [1.54, 1.807) is 6.92 Å². The highest BCUT2D eigenvalue weighted by atomic mass is 35.5. The number of pyridine rings is 1. The Morgan fingerprint density at radius 2 is 1.96 bits per heavy atom. The van der Waals surface area contributed by atoms with Crippen molar-refractivity contribution < 1.29 is 23.4 Å². The number of alkyl halides is 3. The standard InChI is InChI=1S/C14H11ClF3N3O2/c1-7(10-3-2-9(22)5-12(10)23)20-21-13-11(15)4-8(6-19-13)14(16,17)18/h2-6,22-23H,1H3,(H,19,21)/b20-7+. The molecule has 23 heavy (non-hydrogen) atoms. The van der Waals surface area contributed by atoms with Crippen molar-refractivity contribution in [3.8, 4) is 11.5 Å². The van der Waals surface area contributed by atoms with Gasteiger partial charge in [0.15, 0.2) is 5.82 Å². The van der Waals surface area contributed by atoms with E-state index in [-0.39, 0.29) is 22.3 Å². The second-order valence-electron chi connectivity index (χ2n) is 4.56. The average Bonchev–Trinajstić information content (AvgIpc) is 2.44. The van der Waals surface area contributed by atoms with Crippen LogP contribution in [0.15, 0.2) is 35.6 Å². The fraction of sp³-hybridized carbons (Fsp3) is 0.143. The summed E-state index contributed by atoms with van der Waals surface area (Å²) in [5, 5.41) is 22.6. The number of nitrogens with one attached hydrogen (secondary N) is 1. The number of rotatable bonds is 3. The maximum absolute atomic E-state index is 12.5. The first-order valence-corrected chi connectivity index (χ1v) is 6.61. The number of hydrogen-bond donors (Lipinski definition) is 3. The number of aromatic hydroxyl groups is 2. The van der Waals surface area contributed by atoms with Crippen LogP contribution in [-0.2, 0) is 6.18 Å². The summed E-state index contributed by atoms with van der Waals surface area (Å²) in [6.07, 6.45) is -3.90. The van der Waals surface area contributed by atoms with Crippen LogP contribution >= 0.6 is 11.6 Å². The van der Waals surface area contributed by atoms with Crippen molar-refractivity contribution in [1.82, 2.24) is 4.98 Å². The van der Waals surface area contributed by atoms with Gasteiger partial charge in [0.25, 0.3) is 0 Å². The molecule has 2 rings (SSSR count). The number of halogens is 4. The van der Waals surface area contributed by atoms with Crippen LogP contribution in [0.5, 0.6) is 11.5 Å². The van der Waals surface area contributed by atoms with Crippen molar-refractivity contribution in [2.45, 2.75) is 13.1 Å². The second kappa shape index (κ2) is 6.33. The zero-order chi connectivity index (χ0) is 17.2. The van der Waals surface area contributed by atoms with Crippen molar-refractivity contribution in [3.63, 3.8) is 0 Å². The maximum Gasteiger partial charge on any atom is 0.417 e. The molecule has 1 heterocycles. The third kappa shape index (κ3) is 4.04. The van der Waals surface area contributed by atoms with Crippen LogP contribution in [0.2, 0.25) is 5.02 Å². The molecule has 9 heteroatoms. The summed E-state index contributed by atoms with van der Waals surface area (Å²) in [7, 11) is 0. The molecule has 2 aromatic rings. The molecule has 1 aromatic carbocycles. The van der Waals surface area contributed by atoms with E-state index in [1.807, 2.05) is 0 Å². The van der Waals surface area contributed by atoms with E-state index >= 15 is 0 Å². The van der Waals surface area contributed by atoms with Gasteiger partial charge in [-0.1, -0.05) is 11.6 Å². The predicted octanol–water partition coefficient (Wildman–Crippen LogP) is 4.00. The SMILES string of the molecule is C/C(=N\Nc1ncc(C(F)(F)F)cc1Cl)c1ccc(O)cc1O. The molecule has 0 atom stereocenters. The van der Waals surface area contributed by atoms with Crippen molar-refractivity contribution in [3.05, 3.63) is 46.6 Å². The first kappa shape index (κ1) is 16.9. The van der Waals surface area contributed by atoms with Gasteiger partial charge in [-0.2, -0.15) is 18.3 Å². The molecule has 0 saturated heterocycles. The molecule has 0 fully saturated rings. The Morgan fingerprint density at radius 1 is 1.26 bits per heavy atom. The summed E-state index contributed by atoms with van der Waals surface area (Å²) in [6.45, 7) is 1.55.